The van der Waals surface area contributed by atoms with Crippen molar-refractivity contribution >= 4 is 5.91 Å². The number of hydrogen-bond donors (Lipinski definition) is 1. The average molecular weight is 331 g/mol. The van der Waals surface area contributed by atoms with Gasteiger partial charge in [0.2, 0.25) is 0 Å². The molecule has 2 atom stereocenters. The van der Waals surface area contributed by atoms with Crippen molar-refractivity contribution in [1.29, 1.82) is 0 Å². The molecular weight excluding hydrogens is 306 g/mol. The molecule has 0 aromatic carbocycles. The first kappa shape index (κ1) is 16.5. The van der Waals surface area contributed by atoms with Gasteiger partial charge in [-0.25, -0.2) is 9.48 Å². The second-order valence-corrected chi connectivity index (χ2v) is 6.71. The minimum Gasteiger partial charge on any atom is -0.348 e. The van der Waals surface area contributed by atoms with E-state index in [-0.39, 0.29) is 17.6 Å². The summed E-state index contributed by atoms with van der Waals surface area (Å²) in [5.41, 5.74) is 0.565. The number of hydrogen-bond acceptors (Lipinski definition) is 3. The maximum atomic E-state index is 12.5. The smallest absolute Gasteiger partial charge is 0.345 e. The van der Waals surface area contributed by atoms with Crippen LogP contribution in [0.1, 0.15) is 42.0 Å². The summed E-state index contributed by atoms with van der Waals surface area (Å²) >= 11 is 0. The van der Waals surface area contributed by atoms with Crippen molar-refractivity contribution in [2.24, 2.45) is 27.1 Å². The Hall–Kier alpha value is -2.31. The lowest BCUT2D eigenvalue weighted by Crippen LogP contribution is -2.43. The van der Waals surface area contributed by atoms with Gasteiger partial charge in [-0.2, -0.15) is 5.10 Å². The van der Waals surface area contributed by atoms with E-state index in [1.54, 1.807) is 18.7 Å². The summed E-state index contributed by atoms with van der Waals surface area (Å²) in [7, 11) is 5.29. The Kier molecular flexibility index (Phi) is 4.59. The largest absolute Gasteiger partial charge is 0.348 e. The number of carbonyl (C=O) groups excluding carboxylic acids is 1. The van der Waals surface area contributed by atoms with Gasteiger partial charge in [-0.15, -0.1) is 0 Å². The molecule has 0 spiro atoms. The van der Waals surface area contributed by atoms with Gasteiger partial charge >= 0.3 is 5.69 Å². The highest BCUT2D eigenvalue weighted by Gasteiger charge is 2.29. The monoisotopic (exact) mass is 331 g/mol. The zero-order chi connectivity index (χ0) is 17.3. The highest BCUT2D eigenvalue weighted by Crippen LogP contribution is 2.27. The van der Waals surface area contributed by atoms with E-state index < -0.39 is 0 Å². The van der Waals surface area contributed by atoms with E-state index >= 15 is 0 Å². The van der Waals surface area contributed by atoms with E-state index in [1.807, 2.05) is 29.9 Å². The lowest BCUT2D eigenvalue weighted by Gasteiger charge is -2.32. The first-order valence-electron chi connectivity index (χ1n) is 8.48. The summed E-state index contributed by atoms with van der Waals surface area (Å²) in [5.74, 6) is 1.06. The van der Waals surface area contributed by atoms with Crippen LogP contribution in [0.3, 0.4) is 0 Å². The van der Waals surface area contributed by atoms with Crippen LogP contribution in [0.4, 0.5) is 0 Å². The third kappa shape index (κ3) is 3.16. The summed E-state index contributed by atoms with van der Waals surface area (Å²) in [6.07, 6.45) is 6.88. The average Bonchev–Trinajstić information content (AvgIpc) is 3.09. The first-order valence-corrected chi connectivity index (χ1v) is 8.48. The predicted octanol–water partition coefficient (Wildman–Crippen LogP) is 0.989. The van der Waals surface area contributed by atoms with Crippen LogP contribution >= 0.6 is 0 Å². The molecule has 2 aromatic heterocycles. The zero-order valence-electron chi connectivity index (χ0n) is 14.5. The highest BCUT2D eigenvalue weighted by atomic mass is 16.2. The molecule has 0 aliphatic heterocycles. The number of nitrogens with zero attached hydrogens (tertiary/aromatic N) is 4. The van der Waals surface area contributed by atoms with Gasteiger partial charge in [-0.3, -0.25) is 9.36 Å². The molecule has 3 rings (SSSR count). The fraction of sp³-hybridized carbons (Fsp3) is 0.588. The van der Waals surface area contributed by atoms with Crippen molar-refractivity contribution in [3.05, 3.63) is 40.3 Å². The van der Waals surface area contributed by atoms with Gasteiger partial charge in [0, 0.05) is 39.8 Å². The lowest BCUT2D eigenvalue weighted by atomic mass is 9.82. The van der Waals surface area contributed by atoms with Crippen molar-refractivity contribution in [3.8, 4) is 0 Å². The highest BCUT2D eigenvalue weighted by molar-refractivity contribution is 5.92. The van der Waals surface area contributed by atoms with E-state index in [0.29, 0.717) is 18.0 Å². The van der Waals surface area contributed by atoms with Gasteiger partial charge < -0.3 is 9.88 Å². The number of nitrogens with one attached hydrogen (secondary N) is 1. The number of amides is 1. The molecule has 0 bridgehead atoms. The molecule has 1 saturated carbocycles. The summed E-state index contributed by atoms with van der Waals surface area (Å²) in [5, 5.41) is 7.52. The van der Waals surface area contributed by atoms with Crippen LogP contribution < -0.4 is 11.0 Å². The van der Waals surface area contributed by atoms with Crippen LogP contribution in [-0.4, -0.2) is 30.9 Å². The van der Waals surface area contributed by atoms with Gasteiger partial charge in [0.05, 0.1) is 0 Å². The quantitative estimate of drug-likeness (QED) is 0.908. The Balaban J connectivity index is 1.73. The number of aromatic nitrogens is 4. The fourth-order valence-electron chi connectivity index (χ4n) is 3.60. The molecule has 1 aliphatic carbocycles. The maximum absolute atomic E-state index is 12.5. The molecule has 2 heterocycles. The Morgan fingerprint density at radius 3 is 2.67 bits per heavy atom. The van der Waals surface area contributed by atoms with Crippen LogP contribution in [-0.2, 0) is 27.6 Å². The molecule has 1 aliphatic rings. The van der Waals surface area contributed by atoms with Crippen LogP contribution in [0, 0.1) is 5.92 Å². The molecular formula is C17H25N5O2. The fourth-order valence-corrected chi connectivity index (χ4v) is 3.60. The van der Waals surface area contributed by atoms with Crippen LogP contribution in [0.25, 0.3) is 0 Å². The molecule has 24 heavy (non-hydrogen) atoms. The van der Waals surface area contributed by atoms with E-state index in [4.69, 9.17) is 0 Å². The predicted molar refractivity (Wildman–Crippen MR) is 90.8 cm³/mol. The van der Waals surface area contributed by atoms with Gasteiger partial charge in [0.1, 0.15) is 11.5 Å². The second kappa shape index (κ2) is 6.67. The normalized spacial score (nSPS) is 21.0. The summed E-state index contributed by atoms with van der Waals surface area (Å²) in [6, 6.07) is 3.82. The number of aryl methyl sites for hydroxylation is 2. The summed E-state index contributed by atoms with van der Waals surface area (Å²) < 4.78 is 4.80. The van der Waals surface area contributed by atoms with Crippen molar-refractivity contribution < 1.29 is 4.79 Å². The Morgan fingerprint density at radius 2 is 2.04 bits per heavy atom. The van der Waals surface area contributed by atoms with Crippen molar-refractivity contribution in [3.63, 3.8) is 0 Å². The van der Waals surface area contributed by atoms with Gasteiger partial charge in [0.15, 0.2) is 0 Å². The van der Waals surface area contributed by atoms with E-state index in [9.17, 15) is 9.59 Å². The van der Waals surface area contributed by atoms with Gasteiger partial charge in [0.25, 0.3) is 5.91 Å². The number of rotatable bonds is 4. The molecule has 7 heteroatoms. The summed E-state index contributed by atoms with van der Waals surface area (Å²) in [6.45, 7) is 0. The Labute approximate surface area is 141 Å². The first-order chi connectivity index (χ1) is 11.5. The molecule has 7 nitrogen and oxygen atoms in total. The van der Waals surface area contributed by atoms with Gasteiger partial charge in [-0.05, 0) is 30.9 Å². The van der Waals surface area contributed by atoms with E-state index in [2.05, 4.69) is 10.4 Å². The second-order valence-electron chi connectivity index (χ2n) is 6.71. The maximum Gasteiger partial charge on any atom is 0.345 e. The van der Waals surface area contributed by atoms with Crippen LogP contribution in [0.5, 0.6) is 0 Å². The minimum atomic E-state index is -0.106. The molecule has 130 valence electrons. The lowest BCUT2D eigenvalue weighted by molar-refractivity contribution is 0.0896. The van der Waals surface area contributed by atoms with Crippen LogP contribution in [0.2, 0.25) is 0 Å². The Morgan fingerprint density at radius 1 is 1.29 bits per heavy atom. The third-order valence-corrected chi connectivity index (χ3v) is 5.06. The molecule has 1 fully saturated rings. The van der Waals surface area contributed by atoms with E-state index in [0.717, 1.165) is 31.5 Å². The SMILES string of the molecule is Cn1cccc1C(=O)N[C@@H]1CCCC[C@@H]1Cc1nn(C)c(=O)n1C. The number of carbonyl (C=O) groups is 1. The van der Waals surface area contributed by atoms with Crippen molar-refractivity contribution in [2.75, 3.05) is 0 Å². The molecule has 0 saturated heterocycles. The van der Waals surface area contributed by atoms with Crippen LogP contribution in [0.15, 0.2) is 23.1 Å². The summed E-state index contributed by atoms with van der Waals surface area (Å²) in [4.78, 5) is 24.4. The zero-order valence-corrected chi connectivity index (χ0v) is 14.5. The standard InChI is InChI=1S/C17H25N5O2/c1-20-10-6-9-14(20)16(23)18-13-8-5-4-7-12(13)11-15-19-22(3)17(24)21(15)2/h6,9-10,12-13H,4-5,7-8,11H2,1-3H3,(H,18,23)/t12-,13-/m1/s1. The van der Waals surface area contributed by atoms with Gasteiger partial charge in [-0.1, -0.05) is 12.8 Å². The Bertz CT molecular complexity index is 785. The molecule has 1 N–H and O–H groups in total. The van der Waals surface area contributed by atoms with Crippen molar-refractivity contribution in [2.45, 2.75) is 38.1 Å². The molecule has 1 amide bonds. The third-order valence-electron chi connectivity index (χ3n) is 5.06. The topological polar surface area (TPSA) is 73.8 Å². The molecule has 2 aromatic rings. The van der Waals surface area contributed by atoms with Crippen molar-refractivity contribution in [1.82, 2.24) is 24.2 Å². The minimum absolute atomic E-state index is 0.0330. The van der Waals surface area contributed by atoms with E-state index in [1.165, 1.54) is 4.68 Å². The molecule has 0 unspecified atom stereocenters. The molecule has 0 radical (unpaired) electrons.